The molecule has 0 radical (unpaired) electrons. The van der Waals surface area contributed by atoms with E-state index in [9.17, 15) is 10.1 Å². The number of nitro groups is 1. The molecule has 0 unspecified atom stereocenters. The standard InChI is InChI=1S/C30H30ClN7O3/c1-30(2,37-14-12-36(3)13-15-37)10-9-21-16-26-24(18-27(21)38(39)40)29(34-20-33-26)35-22-7-8-28(25(31)17-22)41-19-23-6-4-5-11-32-23/h4-8,11,16-18,20H,12-15,19H2,1-3H3,(H,33,34,35). The fourth-order valence-electron chi connectivity index (χ4n) is 4.57. The van der Waals surface area contributed by atoms with E-state index in [2.05, 4.69) is 49.0 Å². The Morgan fingerprint density at radius 1 is 1.10 bits per heavy atom. The van der Waals surface area contributed by atoms with Crippen LogP contribution in [0.5, 0.6) is 5.75 Å². The van der Waals surface area contributed by atoms with Gasteiger partial charge in [0.15, 0.2) is 0 Å². The second kappa shape index (κ2) is 12.1. The highest BCUT2D eigenvalue weighted by Gasteiger charge is 2.27. The first-order valence-electron chi connectivity index (χ1n) is 13.2. The van der Waals surface area contributed by atoms with E-state index in [0.717, 1.165) is 31.9 Å². The van der Waals surface area contributed by atoms with Crippen molar-refractivity contribution in [2.45, 2.75) is 26.0 Å². The third kappa shape index (κ3) is 6.72. The maximum Gasteiger partial charge on any atom is 0.285 e. The van der Waals surface area contributed by atoms with Gasteiger partial charge in [-0.05, 0) is 57.3 Å². The lowest BCUT2D eigenvalue weighted by Crippen LogP contribution is -2.53. The molecule has 0 aliphatic carbocycles. The Morgan fingerprint density at radius 2 is 1.90 bits per heavy atom. The summed E-state index contributed by atoms with van der Waals surface area (Å²) < 4.78 is 5.80. The number of piperazine rings is 1. The van der Waals surface area contributed by atoms with E-state index < -0.39 is 10.5 Å². The van der Waals surface area contributed by atoms with E-state index in [1.165, 1.54) is 12.4 Å². The van der Waals surface area contributed by atoms with Gasteiger partial charge in [-0.3, -0.25) is 20.0 Å². The second-order valence-electron chi connectivity index (χ2n) is 10.3. The van der Waals surface area contributed by atoms with Gasteiger partial charge < -0.3 is 15.0 Å². The topological polar surface area (TPSA) is 110 Å². The maximum atomic E-state index is 12.1. The first kappa shape index (κ1) is 28.2. The van der Waals surface area contributed by atoms with Crippen molar-refractivity contribution in [1.82, 2.24) is 24.8 Å². The lowest BCUT2D eigenvalue weighted by Gasteiger charge is -2.40. The largest absolute Gasteiger partial charge is 0.486 e. The Kier molecular flexibility index (Phi) is 8.31. The predicted molar refractivity (Wildman–Crippen MR) is 160 cm³/mol. The molecule has 2 aromatic heterocycles. The average Bonchev–Trinajstić information content (AvgIpc) is 2.96. The Balaban J connectivity index is 1.39. The zero-order valence-electron chi connectivity index (χ0n) is 23.1. The quantitative estimate of drug-likeness (QED) is 0.180. The van der Waals surface area contributed by atoms with E-state index in [0.29, 0.717) is 38.7 Å². The van der Waals surface area contributed by atoms with Gasteiger partial charge in [0.2, 0.25) is 0 Å². The number of ether oxygens (including phenoxy) is 1. The first-order valence-corrected chi connectivity index (χ1v) is 13.6. The summed E-state index contributed by atoms with van der Waals surface area (Å²) in [5.41, 5.74) is 1.73. The summed E-state index contributed by atoms with van der Waals surface area (Å²) in [6, 6.07) is 14.0. The third-order valence-corrected chi connectivity index (χ3v) is 7.34. The van der Waals surface area contributed by atoms with Gasteiger partial charge in [0, 0.05) is 49.5 Å². The lowest BCUT2D eigenvalue weighted by molar-refractivity contribution is -0.385. The number of nitrogens with one attached hydrogen (secondary N) is 1. The molecule has 3 heterocycles. The highest BCUT2D eigenvalue weighted by molar-refractivity contribution is 6.32. The molecule has 0 saturated carbocycles. The normalized spacial score (nSPS) is 14.3. The number of aromatic nitrogens is 3. The fourth-order valence-corrected chi connectivity index (χ4v) is 4.81. The number of nitrogens with zero attached hydrogens (tertiary/aromatic N) is 6. The minimum absolute atomic E-state index is 0.103. The van der Waals surface area contributed by atoms with E-state index in [4.69, 9.17) is 16.3 Å². The summed E-state index contributed by atoms with van der Waals surface area (Å²) in [5, 5.41) is 16.2. The monoisotopic (exact) mass is 571 g/mol. The van der Waals surface area contributed by atoms with Crippen molar-refractivity contribution in [1.29, 1.82) is 0 Å². The molecule has 1 N–H and O–H groups in total. The summed E-state index contributed by atoms with van der Waals surface area (Å²) >= 11 is 6.47. The molecule has 2 aromatic carbocycles. The number of benzene rings is 2. The molecule has 1 aliphatic rings. The smallest absolute Gasteiger partial charge is 0.285 e. The van der Waals surface area contributed by atoms with Crippen molar-refractivity contribution in [2.75, 3.05) is 38.5 Å². The molecule has 1 aliphatic heterocycles. The molecule has 10 nitrogen and oxygen atoms in total. The van der Waals surface area contributed by atoms with Gasteiger partial charge in [-0.25, -0.2) is 9.97 Å². The zero-order valence-corrected chi connectivity index (χ0v) is 23.9. The number of anilines is 2. The Morgan fingerprint density at radius 3 is 2.61 bits per heavy atom. The van der Waals surface area contributed by atoms with Gasteiger partial charge in [0.25, 0.3) is 5.69 Å². The Labute approximate surface area is 243 Å². The van der Waals surface area contributed by atoms with Crippen LogP contribution >= 0.6 is 11.6 Å². The SMILES string of the molecule is CN1CCN(C(C)(C)C#Cc2cc3ncnc(Nc4ccc(OCc5ccccn5)c(Cl)c4)c3cc2[N+](=O)[O-])CC1. The van der Waals surface area contributed by atoms with Crippen molar-refractivity contribution in [3.63, 3.8) is 0 Å². The van der Waals surface area contributed by atoms with E-state index in [-0.39, 0.29) is 12.3 Å². The summed E-state index contributed by atoms with van der Waals surface area (Å²) in [6.07, 6.45) is 3.11. The number of halogens is 1. The van der Waals surface area contributed by atoms with Gasteiger partial charge in [-0.15, -0.1) is 0 Å². The molecule has 4 aromatic rings. The van der Waals surface area contributed by atoms with Gasteiger partial charge >= 0.3 is 0 Å². The van der Waals surface area contributed by atoms with E-state index in [1.807, 2.05) is 32.0 Å². The number of likely N-dealkylation sites (N-methyl/N-ethyl adjacent to an activating group) is 1. The molecule has 5 rings (SSSR count). The van der Waals surface area contributed by atoms with Crippen LogP contribution in [0.25, 0.3) is 10.9 Å². The van der Waals surface area contributed by atoms with Crippen LogP contribution < -0.4 is 10.1 Å². The van der Waals surface area contributed by atoms with Crippen LogP contribution in [0.1, 0.15) is 25.1 Å². The van der Waals surface area contributed by atoms with Crippen LogP contribution in [-0.4, -0.2) is 68.4 Å². The van der Waals surface area contributed by atoms with Crippen LogP contribution in [0.3, 0.4) is 0 Å². The zero-order chi connectivity index (χ0) is 29.0. The van der Waals surface area contributed by atoms with Crippen molar-refractivity contribution in [3.8, 4) is 17.6 Å². The van der Waals surface area contributed by atoms with Crippen LogP contribution in [0.15, 0.2) is 61.1 Å². The number of fused-ring (bicyclic) bond motifs is 1. The number of rotatable bonds is 7. The van der Waals surface area contributed by atoms with Gasteiger partial charge in [-0.2, -0.15) is 0 Å². The molecule has 1 saturated heterocycles. The Bertz CT molecular complexity index is 1630. The van der Waals surface area contributed by atoms with Crippen molar-refractivity contribution >= 4 is 39.7 Å². The molecule has 0 atom stereocenters. The minimum Gasteiger partial charge on any atom is -0.486 e. The molecule has 0 amide bonds. The minimum atomic E-state index is -0.435. The van der Waals surface area contributed by atoms with Crippen molar-refractivity contribution < 1.29 is 9.66 Å². The van der Waals surface area contributed by atoms with Gasteiger partial charge in [0.1, 0.15) is 30.1 Å². The first-order chi connectivity index (χ1) is 19.7. The number of hydrogen-bond acceptors (Lipinski definition) is 9. The molecular weight excluding hydrogens is 542 g/mol. The van der Waals surface area contributed by atoms with E-state index in [1.54, 1.807) is 30.5 Å². The lowest BCUT2D eigenvalue weighted by atomic mass is 10.0. The van der Waals surface area contributed by atoms with Crippen LogP contribution in [0, 0.1) is 22.0 Å². The molecular formula is C30H30ClN7O3. The predicted octanol–water partition coefficient (Wildman–Crippen LogP) is 5.29. The molecule has 210 valence electrons. The van der Waals surface area contributed by atoms with Crippen LogP contribution in [-0.2, 0) is 6.61 Å². The summed E-state index contributed by atoms with van der Waals surface area (Å²) in [4.78, 5) is 29.2. The number of pyridine rings is 1. The molecule has 41 heavy (non-hydrogen) atoms. The number of nitro benzene ring substituents is 1. The summed E-state index contributed by atoms with van der Waals surface area (Å²) in [7, 11) is 2.10. The molecule has 0 spiro atoms. The van der Waals surface area contributed by atoms with Gasteiger partial charge in [-0.1, -0.05) is 29.5 Å². The van der Waals surface area contributed by atoms with Crippen molar-refractivity contribution in [3.05, 3.63) is 87.4 Å². The third-order valence-electron chi connectivity index (χ3n) is 7.04. The molecule has 0 bridgehead atoms. The van der Waals surface area contributed by atoms with E-state index >= 15 is 0 Å². The molecule has 11 heteroatoms. The summed E-state index contributed by atoms with van der Waals surface area (Å²) in [5.74, 6) is 7.27. The van der Waals surface area contributed by atoms with Crippen molar-refractivity contribution in [2.24, 2.45) is 0 Å². The average molecular weight is 572 g/mol. The number of hydrogen-bond donors (Lipinski definition) is 1. The van der Waals surface area contributed by atoms with Gasteiger partial charge in [0.05, 0.1) is 26.7 Å². The Hall–Kier alpha value is -4.30. The molecule has 1 fully saturated rings. The second-order valence-corrected chi connectivity index (χ2v) is 10.8. The highest BCUT2D eigenvalue weighted by atomic mass is 35.5. The summed E-state index contributed by atoms with van der Waals surface area (Å²) in [6.45, 7) is 8.07. The van der Waals surface area contributed by atoms with Crippen LogP contribution in [0.2, 0.25) is 5.02 Å². The van der Waals surface area contributed by atoms with Crippen LogP contribution in [0.4, 0.5) is 17.2 Å². The fraction of sp³-hybridized carbons (Fsp3) is 0.300. The maximum absolute atomic E-state index is 12.1. The highest BCUT2D eigenvalue weighted by Crippen LogP contribution is 2.33.